The highest BCUT2D eigenvalue weighted by Crippen LogP contribution is 2.35. The normalized spacial score (nSPS) is 14.9. The van der Waals surface area contributed by atoms with E-state index in [1.165, 1.54) is 18.3 Å². The lowest BCUT2D eigenvalue weighted by molar-refractivity contribution is -0.274. The van der Waals surface area contributed by atoms with E-state index in [1.54, 1.807) is 38.6 Å². The number of pyridine rings is 1. The summed E-state index contributed by atoms with van der Waals surface area (Å²) in [4.78, 5) is 19.1. The molecule has 12 nitrogen and oxygen atoms in total. The molecule has 0 bridgehead atoms. The second-order valence-electron chi connectivity index (χ2n) is 10.3. The first kappa shape index (κ1) is 29.5. The number of ether oxygens (including phenoxy) is 1. The molecule has 0 aliphatic carbocycles. The number of nitriles is 1. The number of benzene rings is 1. The molecule has 232 valence electrons. The molecule has 0 unspecified atom stereocenters. The van der Waals surface area contributed by atoms with Crippen LogP contribution in [0.3, 0.4) is 0 Å². The van der Waals surface area contributed by atoms with Crippen molar-refractivity contribution < 1.29 is 31.5 Å². The van der Waals surface area contributed by atoms with Gasteiger partial charge in [-0.05, 0) is 49.2 Å². The van der Waals surface area contributed by atoms with E-state index in [0.717, 1.165) is 18.3 Å². The lowest BCUT2D eigenvalue weighted by Crippen LogP contribution is -2.48. The average Bonchev–Trinajstić information content (AvgIpc) is 3.77. The number of amides is 1. The molecule has 17 heteroatoms. The first-order chi connectivity index (χ1) is 21.5. The molecule has 1 saturated heterocycles. The van der Waals surface area contributed by atoms with Gasteiger partial charge < -0.3 is 15.0 Å². The van der Waals surface area contributed by atoms with E-state index in [1.807, 2.05) is 6.07 Å². The largest absolute Gasteiger partial charge is 0.573 e. The summed E-state index contributed by atoms with van der Waals surface area (Å²) in [6.07, 6.45) is 1.93. The van der Waals surface area contributed by atoms with E-state index in [2.05, 4.69) is 36.4 Å². The van der Waals surface area contributed by atoms with E-state index >= 15 is 0 Å². The third-order valence-electron chi connectivity index (χ3n) is 7.51. The number of nitrogens with zero attached hydrogens (tertiary/aromatic N) is 9. The van der Waals surface area contributed by atoms with E-state index in [-0.39, 0.29) is 29.5 Å². The number of carbonyl (C=O) groups excluding carboxylic acids is 1. The molecule has 0 saturated carbocycles. The predicted octanol–water partition coefficient (Wildman–Crippen LogP) is 5.37. The van der Waals surface area contributed by atoms with Crippen molar-refractivity contribution in [2.75, 3.05) is 18.4 Å². The summed E-state index contributed by atoms with van der Waals surface area (Å²) in [5, 5.41) is 25.2. The van der Waals surface area contributed by atoms with Crippen LogP contribution in [-0.2, 0) is 5.54 Å². The number of likely N-dealkylation sites (tertiary alicyclic amines) is 1. The number of hydrogen-bond acceptors (Lipinski definition) is 8. The minimum atomic E-state index is -4.83. The summed E-state index contributed by atoms with van der Waals surface area (Å²) < 4.78 is 70.8. The van der Waals surface area contributed by atoms with Gasteiger partial charge in [0.1, 0.15) is 5.75 Å². The molecule has 1 N–H and O–H groups in total. The molecule has 0 spiro atoms. The molecule has 1 fully saturated rings. The summed E-state index contributed by atoms with van der Waals surface area (Å²) >= 11 is 0. The van der Waals surface area contributed by atoms with Crippen LogP contribution in [0.4, 0.5) is 33.6 Å². The van der Waals surface area contributed by atoms with Crippen molar-refractivity contribution in [3.63, 3.8) is 0 Å². The third kappa shape index (κ3) is 6.12. The van der Waals surface area contributed by atoms with Crippen LogP contribution in [0.5, 0.6) is 5.75 Å². The Bertz CT molecular complexity index is 1860. The second kappa shape index (κ2) is 11.5. The first-order valence-corrected chi connectivity index (χ1v) is 13.6. The maximum Gasteiger partial charge on any atom is 0.573 e. The molecule has 0 radical (unpaired) electrons. The van der Waals surface area contributed by atoms with Crippen LogP contribution in [0.15, 0.2) is 67.3 Å². The molecule has 0 atom stereocenters. The Balaban J connectivity index is 1.18. The molecule has 1 aromatic carbocycles. The lowest BCUT2D eigenvalue weighted by Gasteiger charge is -2.40. The minimum absolute atomic E-state index is 0.132. The monoisotopic (exact) mass is 626 g/mol. The fraction of sp³-hybridized carbons (Fsp3) is 0.286. The van der Waals surface area contributed by atoms with Crippen molar-refractivity contribution >= 4 is 23.2 Å². The Labute approximate surface area is 251 Å². The molecule has 4 aromatic heterocycles. The Kier molecular flexibility index (Phi) is 7.56. The van der Waals surface area contributed by atoms with Crippen molar-refractivity contribution in [3.05, 3.63) is 72.8 Å². The van der Waals surface area contributed by atoms with Crippen LogP contribution >= 0.6 is 0 Å². The van der Waals surface area contributed by atoms with Crippen molar-refractivity contribution in [1.29, 1.82) is 5.26 Å². The Hall–Kier alpha value is -5.53. The van der Waals surface area contributed by atoms with E-state index in [4.69, 9.17) is 0 Å². The Morgan fingerprint density at radius 1 is 1.07 bits per heavy atom. The highest BCUT2D eigenvalue weighted by molar-refractivity contribution is 5.94. The van der Waals surface area contributed by atoms with Gasteiger partial charge in [-0.15, -0.1) is 18.3 Å². The van der Waals surface area contributed by atoms with E-state index in [9.17, 15) is 32.0 Å². The maximum atomic E-state index is 13.1. The van der Waals surface area contributed by atoms with Crippen LogP contribution in [-0.4, -0.2) is 64.4 Å². The van der Waals surface area contributed by atoms with Crippen LogP contribution in [0.1, 0.15) is 36.2 Å². The zero-order chi connectivity index (χ0) is 31.8. The van der Waals surface area contributed by atoms with Crippen molar-refractivity contribution in [2.24, 2.45) is 0 Å². The quantitative estimate of drug-likeness (QED) is 0.228. The summed E-state index contributed by atoms with van der Waals surface area (Å²) in [6, 6.07) is 12.3. The molecule has 45 heavy (non-hydrogen) atoms. The standard InChI is InChI=1S/C28H23F5N10O2/c29-25(30)41-17-20(15-35-41)37-26-38-23-3-1-2-22(43(23)39-26)19-14-36-42(16-19)27(8-11-34)9-12-40(13-10-27)24(44)18-4-6-21(7-5-18)45-28(31,32)33/h1-7,14-17,25H,8-10,12-13H2,(H,37,39). The Morgan fingerprint density at radius 2 is 1.82 bits per heavy atom. The van der Waals surface area contributed by atoms with E-state index in [0.29, 0.717) is 47.5 Å². The number of alkyl halides is 5. The SMILES string of the molecule is N#CCC1(n2cc(-c3cccc4nc(Nc5cnn(C(F)F)c5)nn34)cn2)CCN(C(=O)c2ccc(OC(F)(F)F)cc2)CC1. The number of rotatable bonds is 8. The fourth-order valence-corrected chi connectivity index (χ4v) is 5.27. The third-order valence-corrected chi connectivity index (χ3v) is 7.51. The number of halogens is 5. The first-order valence-electron chi connectivity index (χ1n) is 13.6. The molecular weight excluding hydrogens is 603 g/mol. The topological polar surface area (TPSA) is 131 Å². The van der Waals surface area contributed by atoms with Gasteiger partial charge in [0.05, 0.1) is 48.0 Å². The molecule has 6 rings (SSSR count). The van der Waals surface area contributed by atoms with Crippen molar-refractivity contribution in [3.8, 4) is 23.1 Å². The molecule has 5 aromatic rings. The van der Waals surface area contributed by atoms with Gasteiger partial charge in [-0.2, -0.15) is 29.2 Å². The smallest absolute Gasteiger partial charge is 0.406 e. The van der Waals surface area contributed by atoms with Gasteiger partial charge >= 0.3 is 12.9 Å². The highest BCUT2D eigenvalue weighted by Gasteiger charge is 2.39. The Morgan fingerprint density at radius 3 is 2.49 bits per heavy atom. The molecule has 1 aliphatic heterocycles. The fourth-order valence-electron chi connectivity index (χ4n) is 5.27. The summed E-state index contributed by atoms with van der Waals surface area (Å²) in [5.41, 5.74) is 1.61. The summed E-state index contributed by atoms with van der Waals surface area (Å²) in [5.74, 6) is -0.593. The lowest BCUT2D eigenvalue weighted by atomic mass is 9.84. The summed E-state index contributed by atoms with van der Waals surface area (Å²) in [6.45, 7) is -2.18. The van der Waals surface area contributed by atoms with Gasteiger partial charge in [-0.25, -0.2) is 9.20 Å². The predicted molar refractivity (Wildman–Crippen MR) is 147 cm³/mol. The van der Waals surface area contributed by atoms with Gasteiger partial charge in [0.15, 0.2) is 5.65 Å². The van der Waals surface area contributed by atoms with Crippen LogP contribution in [0.2, 0.25) is 0 Å². The van der Waals surface area contributed by atoms with Gasteiger partial charge in [-0.1, -0.05) is 6.07 Å². The number of fused-ring (bicyclic) bond motifs is 1. The van der Waals surface area contributed by atoms with Crippen LogP contribution in [0.25, 0.3) is 16.9 Å². The van der Waals surface area contributed by atoms with Gasteiger partial charge in [-0.3, -0.25) is 9.48 Å². The van der Waals surface area contributed by atoms with Crippen molar-refractivity contribution in [2.45, 2.75) is 37.7 Å². The number of anilines is 2. The minimum Gasteiger partial charge on any atom is -0.406 e. The summed E-state index contributed by atoms with van der Waals surface area (Å²) in [7, 11) is 0. The molecule has 1 aliphatic rings. The van der Waals surface area contributed by atoms with Crippen LogP contribution < -0.4 is 10.1 Å². The molecule has 1 amide bonds. The number of piperidine rings is 1. The maximum absolute atomic E-state index is 13.1. The number of carbonyl (C=O) groups is 1. The number of aromatic nitrogens is 7. The molecule has 5 heterocycles. The van der Waals surface area contributed by atoms with E-state index < -0.39 is 24.2 Å². The highest BCUT2D eigenvalue weighted by atomic mass is 19.4. The second-order valence-corrected chi connectivity index (χ2v) is 10.3. The average molecular weight is 627 g/mol. The zero-order valence-electron chi connectivity index (χ0n) is 23.2. The van der Waals surface area contributed by atoms with Gasteiger partial charge in [0.25, 0.3) is 5.91 Å². The van der Waals surface area contributed by atoms with Crippen molar-refractivity contribution in [1.82, 2.24) is 39.1 Å². The zero-order valence-corrected chi connectivity index (χ0v) is 23.2. The van der Waals surface area contributed by atoms with Crippen LogP contribution in [0, 0.1) is 11.3 Å². The van der Waals surface area contributed by atoms with Gasteiger partial charge in [0.2, 0.25) is 5.95 Å². The number of hydrogen-bond donors (Lipinski definition) is 1. The van der Waals surface area contributed by atoms with Gasteiger partial charge in [0, 0.05) is 30.4 Å². The number of nitrogens with one attached hydrogen (secondary N) is 1. The molecular formula is C28H23F5N10O2.